The summed E-state index contributed by atoms with van der Waals surface area (Å²) in [6.07, 6.45) is 4.67. The second-order valence-corrected chi connectivity index (χ2v) is 9.81. The van der Waals surface area contributed by atoms with Gasteiger partial charge in [0.25, 0.3) is 5.91 Å². The Bertz CT molecular complexity index is 1270. The van der Waals surface area contributed by atoms with Crippen molar-refractivity contribution in [3.8, 4) is 11.5 Å². The lowest BCUT2D eigenvalue weighted by molar-refractivity contribution is -0.121. The monoisotopic (exact) mass is 459 g/mol. The highest BCUT2D eigenvalue weighted by Crippen LogP contribution is 2.35. The molecule has 7 heteroatoms. The van der Waals surface area contributed by atoms with Gasteiger partial charge >= 0.3 is 0 Å². The molecule has 0 bridgehead atoms. The van der Waals surface area contributed by atoms with Crippen molar-refractivity contribution >= 4 is 28.4 Å². The summed E-state index contributed by atoms with van der Waals surface area (Å²) in [6.45, 7) is 3.66. The number of piperidine rings is 1. The fourth-order valence-electron chi connectivity index (χ4n) is 5.47. The van der Waals surface area contributed by atoms with Crippen molar-refractivity contribution in [1.29, 1.82) is 0 Å². The van der Waals surface area contributed by atoms with E-state index in [0.29, 0.717) is 49.0 Å². The summed E-state index contributed by atoms with van der Waals surface area (Å²) in [5, 5.41) is 4.17. The molecule has 3 aliphatic rings. The molecule has 0 spiro atoms. The predicted molar refractivity (Wildman–Crippen MR) is 129 cm³/mol. The number of aromatic amines is 1. The Kier molecular flexibility index (Phi) is 5.20. The van der Waals surface area contributed by atoms with E-state index < -0.39 is 0 Å². The van der Waals surface area contributed by atoms with Crippen LogP contribution in [-0.4, -0.2) is 41.6 Å². The van der Waals surface area contributed by atoms with Crippen molar-refractivity contribution in [3.05, 3.63) is 53.2 Å². The van der Waals surface area contributed by atoms with Crippen LogP contribution in [0, 0.1) is 11.8 Å². The zero-order chi connectivity index (χ0) is 23.2. The van der Waals surface area contributed by atoms with Gasteiger partial charge in [-0.05, 0) is 73.9 Å². The maximum atomic E-state index is 13.3. The van der Waals surface area contributed by atoms with E-state index in [9.17, 15) is 9.59 Å². The molecule has 0 unspecified atom stereocenters. The van der Waals surface area contributed by atoms with Crippen LogP contribution in [-0.2, 0) is 17.6 Å². The number of aromatic nitrogens is 1. The first-order chi connectivity index (χ1) is 16.5. The largest absolute Gasteiger partial charge is 0.454 e. The maximum Gasteiger partial charge on any atom is 0.253 e. The molecule has 2 aliphatic heterocycles. The molecular weight excluding hydrogens is 430 g/mol. The SMILES string of the molecule is C[C@@H]1CCc2[nH]c3ccc(C(=O)N4CCC(C(=O)Nc5ccc6c(c5)OCO6)CC4)cc3c2C1. The van der Waals surface area contributed by atoms with Crippen LogP contribution in [0.1, 0.15) is 47.8 Å². The Balaban J connectivity index is 1.10. The number of anilines is 1. The van der Waals surface area contributed by atoms with E-state index in [2.05, 4.69) is 23.3 Å². The summed E-state index contributed by atoms with van der Waals surface area (Å²) < 4.78 is 10.7. The molecule has 0 radical (unpaired) electrons. The number of likely N-dealkylation sites (tertiary alicyclic amines) is 1. The number of aryl methyl sites for hydroxylation is 1. The van der Waals surface area contributed by atoms with Crippen LogP contribution >= 0.6 is 0 Å². The molecule has 1 saturated heterocycles. The number of nitrogens with one attached hydrogen (secondary N) is 2. The maximum absolute atomic E-state index is 13.3. The first-order valence-corrected chi connectivity index (χ1v) is 12.2. The van der Waals surface area contributed by atoms with Crippen LogP contribution in [0.2, 0.25) is 0 Å². The van der Waals surface area contributed by atoms with Crippen molar-refractivity contribution in [1.82, 2.24) is 9.88 Å². The highest BCUT2D eigenvalue weighted by atomic mass is 16.7. The molecule has 3 heterocycles. The van der Waals surface area contributed by atoms with Gasteiger partial charge in [0, 0.05) is 52.9 Å². The molecule has 2 amide bonds. The van der Waals surface area contributed by atoms with Gasteiger partial charge in [-0.25, -0.2) is 0 Å². The molecule has 1 aromatic heterocycles. The first-order valence-electron chi connectivity index (χ1n) is 12.2. The third-order valence-corrected chi connectivity index (χ3v) is 7.47. The molecule has 1 aliphatic carbocycles. The number of carbonyl (C=O) groups is 2. The van der Waals surface area contributed by atoms with Gasteiger partial charge < -0.3 is 24.7 Å². The summed E-state index contributed by atoms with van der Waals surface area (Å²) in [5.74, 6) is 1.94. The van der Waals surface area contributed by atoms with Gasteiger partial charge in [-0.3, -0.25) is 9.59 Å². The van der Waals surface area contributed by atoms with E-state index in [1.54, 1.807) is 12.1 Å². The fraction of sp³-hybridized carbons (Fsp3) is 0.407. The molecule has 2 aromatic carbocycles. The minimum atomic E-state index is -0.116. The standard InChI is InChI=1S/C27H29N3O4/c1-16-2-5-22-20(12-16)21-13-18(3-6-23(21)29-22)27(32)30-10-8-17(9-11-30)26(31)28-19-4-7-24-25(14-19)34-15-33-24/h3-4,6-7,13-14,16-17,29H,2,5,8-12,15H2,1H3,(H,28,31)/t16-/m1/s1. The van der Waals surface area contributed by atoms with Gasteiger partial charge in [-0.2, -0.15) is 0 Å². The lowest BCUT2D eigenvalue weighted by atomic mass is 9.87. The van der Waals surface area contributed by atoms with Crippen molar-refractivity contribution in [3.63, 3.8) is 0 Å². The Morgan fingerprint density at radius 1 is 1.03 bits per heavy atom. The summed E-state index contributed by atoms with van der Waals surface area (Å²) >= 11 is 0. The first kappa shape index (κ1) is 21.1. The second-order valence-electron chi connectivity index (χ2n) is 9.81. The fourth-order valence-corrected chi connectivity index (χ4v) is 5.47. The number of H-pyrrole nitrogens is 1. The number of benzene rings is 2. The van der Waals surface area contributed by atoms with Gasteiger partial charge in [0.05, 0.1) is 0 Å². The number of ether oxygens (including phenoxy) is 2. The average Bonchev–Trinajstić information content (AvgIpc) is 3.47. The van der Waals surface area contributed by atoms with Crippen LogP contribution in [0.4, 0.5) is 5.69 Å². The lowest BCUT2D eigenvalue weighted by Gasteiger charge is -2.31. The van der Waals surface area contributed by atoms with Gasteiger partial charge in [0.15, 0.2) is 11.5 Å². The molecule has 3 aromatic rings. The lowest BCUT2D eigenvalue weighted by Crippen LogP contribution is -2.41. The molecule has 176 valence electrons. The van der Waals surface area contributed by atoms with Crippen molar-refractivity contribution in [2.75, 3.05) is 25.2 Å². The third kappa shape index (κ3) is 3.79. The molecule has 34 heavy (non-hydrogen) atoms. The molecule has 1 atom stereocenters. The number of amides is 2. The van der Waals surface area contributed by atoms with Crippen LogP contribution in [0.15, 0.2) is 36.4 Å². The topological polar surface area (TPSA) is 83.7 Å². The smallest absolute Gasteiger partial charge is 0.253 e. The van der Waals surface area contributed by atoms with E-state index in [1.165, 1.54) is 23.1 Å². The second kappa shape index (κ2) is 8.38. The van der Waals surface area contributed by atoms with Gasteiger partial charge in [-0.15, -0.1) is 0 Å². The highest BCUT2D eigenvalue weighted by Gasteiger charge is 2.29. The number of rotatable bonds is 3. The summed E-state index contributed by atoms with van der Waals surface area (Å²) in [7, 11) is 0. The van der Waals surface area contributed by atoms with E-state index >= 15 is 0 Å². The highest BCUT2D eigenvalue weighted by molar-refractivity contribution is 5.99. The van der Waals surface area contributed by atoms with Gasteiger partial charge in [0.1, 0.15) is 0 Å². The predicted octanol–water partition coefficient (Wildman–Crippen LogP) is 4.51. The molecule has 1 fully saturated rings. The molecule has 2 N–H and O–H groups in total. The van der Waals surface area contributed by atoms with Crippen LogP contribution in [0.3, 0.4) is 0 Å². The number of nitrogens with zero attached hydrogens (tertiary/aromatic N) is 1. The van der Waals surface area contributed by atoms with Crippen molar-refractivity contribution < 1.29 is 19.1 Å². The summed E-state index contributed by atoms with van der Waals surface area (Å²) in [6, 6.07) is 11.4. The zero-order valence-corrected chi connectivity index (χ0v) is 19.4. The molecule has 6 rings (SSSR count). The summed E-state index contributed by atoms with van der Waals surface area (Å²) in [4.78, 5) is 31.5. The quantitative estimate of drug-likeness (QED) is 0.604. The molecular formula is C27H29N3O4. The third-order valence-electron chi connectivity index (χ3n) is 7.47. The van der Waals surface area contributed by atoms with Crippen molar-refractivity contribution in [2.45, 2.75) is 39.0 Å². The van der Waals surface area contributed by atoms with Crippen molar-refractivity contribution in [2.24, 2.45) is 11.8 Å². The Morgan fingerprint density at radius 2 is 1.85 bits per heavy atom. The average molecular weight is 460 g/mol. The molecule has 0 saturated carbocycles. The Labute approximate surface area is 198 Å². The number of carbonyl (C=O) groups excluding carboxylic acids is 2. The normalized spacial score (nSPS) is 19.8. The minimum Gasteiger partial charge on any atom is -0.454 e. The van der Waals surface area contributed by atoms with Gasteiger partial charge in [-0.1, -0.05) is 6.92 Å². The van der Waals surface area contributed by atoms with Crippen LogP contribution in [0.5, 0.6) is 11.5 Å². The Hall–Kier alpha value is -3.48. The van der Waals surface area contributed by atoms with Crippen LogP contribution < -0.4 is 14.8 Å². The summed E-state index contributed by atoms with van der Waals surface area (Å²) in [5.41, 5.74) is 5.25. The minimum absolute atomic E-state index is 0.0135. The van der Waals surface area contributed by atoms with Gasteiger partial charge in [0.2, 0.25) is 12.7 Å². The zero-order valence-electron chi connectivity index (χ0n) is 19.4. The van der Waals surface area contributed by atoms with Crippen LogP contribution in [0.25, 0.3) is 10.9 Å². The van der Waals surface area contributed by atoms with E-state index in [1.807, 2.05) is 23.1 Å². The van der Waals surface area contributed by atoms with E-state index in [-0.39, 0.29) is 24.5 Å². The van der Waals surface area contributed by atoms with E-state index in [4.69, 9.17) is 9.47 Å². The molecule has 7 nitrogen and oxygen atoms in total. The number of hydrogen-bond donors (Lipinski definition) is 2. The Morgan fingerprint density at radius 3 is 2.71 bits per heavy atom. The number of fused-ring (bicyclic) bond motifs is 4. The number of hydrogen-bond acceptors (Lipinski definition) is 4. The van der Waals surface area contributed by atoms with E-state index in [0.717, 1.165) is 23.9 Å².